The number of halogens is 1. The van der Waals surface area contributed by atoms with Crippen molar-refractivity contribution in [1.82, 2.24) is 4.98 Å². The predicted molar refractivity (Wildman–Crippen MR) is 125 cm³/mol. The van der Waals surface area contributed by atoms with Gasteiger partial charge in [-0.05, 0) is 36.4 Å². The van der Waals surface area contributed by atoms with Crippen LogP contribution in [-0.2, 0) is 9.53 Å². The number of esters is 1. The Kier molecular flexibility index (Phi) is 6.24. The van der Waals surface area contributed by atoms with E-state index < -0.39 is 18.5 Å². The minimum Gasteiger partial charge on any atom is -0.452 e. The predicted octanol–water partition coefficient (Wildman–Crippen LogP) is 5.33. The van der Waals surface area contributed by atoms with E-state index in [0.717, 1.165) is 10.0 Å². The fourth-order valence-electron chi connectivity index (χ4n) is 3.22. The van der Waals surface area contributed by atoms with Crippen LogP contribution in [-0.4, -0.2) is 23.5 Å². The van der Waals surface area contributed by atoms with Crippen LogP contribution in [0.5, 0.6) is 0 Å². The lowest BCUT2D eigenvalue weighted by atomic mass is 10.0. The minimum atomic E-state index is -0.636. The third-order valence-electron chi connectivity index (χ3n) is 4.71. The lowest BCUT2D eigenvalue weighted by Crippen LogP contribution is -2.21. The quantitative estimate of drug-likeness (QED) is 0.385. The largest absolute Gasteiger partial charge is 0.452 e. The van der Waals surface area contributed by atoms with Gasteiger partial charge in [0, 0.05) is 15.4 Å². The van der Waals surface area contributed by atoms with Crippen LogP contribution in [0, 0.1) is 11.3 Å². The molecule has 0 bridgehead atoms. The number of hydrogen-bond donors (Lipinski definition) is 1. The number of nitrogens with one attached hydrogen (secondary N) is 1. The first kappa shape index (κ1) is 21.2. The smallest absolute Gasteiger partial charge is 0.339 e. The molecule has 4 rings (SSSR count). The van der Waals surface area contributed by atoms with Gasteiger partial charge in [0.1, 0.15) is 6.07 Å². The number of aromatic nitrogens is 1. The Morgan fingerprint density at radius 3 is 2.59 bits per heavy atom. The molecule has 0 atom stereocenters. The number of rotatable bonds is 5. The van der Waals surface area contributed by atoms with Gasteiger partial charge >= 0.3 is 5.97 Å². The number of pyridine rings is 1. The molecule has 0 saturated heterocycles. The number of benzene rings is 3. The maximum Gasteiger partial charge on any atom is 0.339 e. The van der Waals surface area contributed by atoms with Crippen molar-refractivity contribution in [2.75, 3.05) is 11.9 Å². The summed E-state index contributed by atoms with van der Waals surface area (Å²) in [5, 5.41) is 12.4. The lowest BCUT2D eigenvalue weighted by Gasteiger charge is -2.11. The number of amides is 1. The topological polar surface area (TPSA) is 92.1 Å². The van der Waals surface area contributed by atoms with Crippen molar-refractivity contribution < 1.29 is 14.3 Å². The summed E-state index contributed by atoms with van der Waals surface area (Å²) in [5.41, 5.74) is 3.10. The molecule has 7 heteroatoms. The highest BCUT2D eigenvalue weighted by molar-refractivity contribution is 9.10. The van der Waals surface area contributed by atoms with Gasteiger partial charge in [0.2, 0.25) is 0 Å². The first-order valence-electron chi connectivity index (χ1n) is 9.67. The molecule has 0 aliphatic carbocycles. The number of nitrogens with zero attached hydrogens (tertiary/aromatic N) is 2. The molecular weight excluding hydrogens is 470 g/mol. The number of para-hydroxylation sites is 2. The SMILES string of the molecule is N#Cc1ccccc1NC(=O)COC(=O)c1cc(-c2cccc(Br)c2)nc2ccccc12. The first-order valence-corrected chi connectivity index (χ1v) is 10.5. The minimum absolute atomic E-state index is 0.316. The number of anilines is 1. The summed E-state index contributed by atoms with van der Waals surface area (Å²) in [6.45, 7) is -0.485. The summed E-state index contributed by atoms with van der Waals surface area (Å²) in [5.74, 6) is -1.17. The Balaban J connectivity index is 1.58. The average molecular weight is 486 g/mol. The number of carbonyl (C=O) groups excluding carboxylic acids is 2. The maximum atomic E-state index is 12.9. The summed E-state index contributed by atoms with van der Waals surface area (Å²) in [4.78, 5) is 29.8. The van der Waals surface area contributed by atoms with Gasteiger partial charge in [-0.25, -0.2) is 9.78 Å². The Morgan fingerprint density at radius 2 is 1.78 bits per heavy atom. The number of nitriles is 1. The molecule has 1 N–H and O–H groups in total. The number of fused-ring (bicyclic) bond motifs is 1. The van der Waals surface area contributed by atoms with Crippen LogP contribution in [0.25, 0.3) is 22.2 Å². The zero-order valence-corrected chi connectivity index (χ0v) is 18.3. The second kappa shape index (κ2) is 9.41. The van der Waals surface area contributed by atoms with Crippen molar-refractivity contribution in [2.45, 2.75) is 0 Å². The van der Waals surface area contributed by atoms with E-state index in [1.807, 2.05) is 48.5 Å². The molecule has 0 fully saturated rings. The molecule has 32 heavy (non-hydrogen) atoms. The van der Waals surface area contributed by atoms with Crippen molar-refractivity contribution in [1.29, 1.82) is 5.26 Å². The Bertz CT molecular complexity index is 1380. The fraction of sp³-hybridized carbons (Fsp3) is 0.0400. The van der Waals surface area contributed by atoms with Gasteiger partial charge in [0.15, 0.2) is 6.61 Å². The van der Waals surface area contributed by atoms with Crippen LogP contribution in [0.4, 0.5) is 5.69 Å². The van der Waals surface area contributed by atoms with Gasteiger partial charge in [0.25, 0.3) is 5.91 Å². The molecule has 4 aromatic rings. The average Bonchev–Trinajstić information content (AvgIpc) is 2.82. The van der Waals surface area contributed by atoms with Crippen LogP contribution in [0.15, 0.2) is 83.3 Å². The molecule has 0 saturated carbocycles. The van der Waals surface area contributed by atoms with E-state index >= 15 is 0 Å². The molecule has 1 aromatic heterocycles. The van der Waals surface area contributed by atoms with Gasteiger partial charge in [-0.3, -0.25) is 4.79 Å². The van der Waals surface area contributed by atoms with E-state index in [9.17, 15) is 9.59 Å². The van der Waals surface area contributed by atoms with Crippen molar-refractivity contribution in [3.8, 4) is 17.3 Å². The molecule has 0 spiro atoms. The van der Waals surface area contributed by atoms with E-state index in [4.69, 9.17) is 10.00 Å². The van der Waals surface area contributed by atoms with E-state index in [1.54, 1.807) is 36.4 Å². The first-order chi connectivity index (χ1) is 15.5. The summed E-state index contributed by atoms with van der Waals surface area (Å²) < 4.78 is 6.18. The molecule has 1 heterocycles. The zero-order chi connectivity index (χ0) is 22.5. The Hall–Kier alpha value is -4.02. The third-order valence-corrected chi connectivity index (χ3v) is 5.21. The second-order valence-electron chi connectivity index (χ2n) is 6.86. The van der Waals surface area contributed by atoms with Crippen LogP contribution >= 0.6 is 15.9 Å². The zero-order valence-electron chi connectivity index (χ0n) is 16.7. The van der Waals surface area contributed by atoms with Gasteiger partial charge in [-0.2, -0.15) is 5.26 Å². The van der Waals surface area contributed by atoms with Crippen LogP contribution < -0.4 is 5.32 Å². The summed E-state index contributed by atoms with van der Waals surface area (Å²) >= 11 is 3.45. The Labute approximate surface area is 192 Å². The molecular formula is C25H16BrN3O3. The molecule has 3 aromatic carbocycles. The van der Waals surface area contributed by atoms with Crippen LogP contribution in [0.1, 0.15) is 15.9 Å². The summed E-state index contributed by atoms with van der Waals surface area (Å²) in [6.07, 6.45) is 0. The van der Waals surface area contributed by atoms with Crippen LogP contribution in [0.3, 0.4) is 0 Å². The molecule has 0 radical (unpaired) electrons. The van der Waals surface area contributed by atoms with Crippen molar-refractivity contribution in [3.63, 3.8) is 0 Å². The van der Waals surface area contributed by atoms with E-state index in [1.165, 1.54) is 0 Å². The highest BCUT2D eigenvalue weighted by atomic mass is 79.9. The molecule has 6 nitrogen and oxygen atoms in total. The van der Waals surface area contributed by atoms with Crippen LogP contribution in [0.2, 0.25) is 0 Å². The summed E-state index contributed by atoms with van der Waals surface area (Å²) in [6, 6.07) is 25.1. The van der Waals surface area contributed by atoms with Crippen molar-refractivity contribution in [3.05, 3.63) is 94.5 Å². The van der Waals surface area contributed by atoms with Crippen molar-refractivity contribution in [2.24, 2.45) is 0 Å². The fourth-order valence-corrected chi connectivity index (χ4v) is 3.62. The highest BCUT2D eigenvalue weighted by Crippen LogP contribution is 2.27. The highest BCUT2D eigenvalue weighted by Gasteiger charge is 2.17. The monoisotopic (exact) mass is 485 g/mol. The van der Waals surface area contributed by atoms with Gasteiger partial charge in [0.05, 0.1) is 28.0 Å². The normalized spacial score (nSPS) is 10.4. The van der Waals surface area contributed by atoms with E-state index in [0.29, 0.717) is 33.4 Å². The van der Waals surface area contributed by atoms with Gasteiger partial charge in [-0.1, -0.05) is 58.4 Å². The standard InChI is InChI=1S/C25H16BrN3O3/c26-18-8-5-7-16(12-18)23-13-20(19-9-2-4-11-22(19)28-23)25(31)32-15-24(30)29-21-10-3-1-6-17(21)14-27/h1-13H,15H2,(H,29,30). The lowest BCUT2D eigenvalue weighted by molar-refractivity contribution is -0.119. The van der Waals surface area contributed by atoms with Gasteiger partial charge < -0.3 is 10.1 Å². The summed E-state index contributed by atoms with van der Waals surface area (Å²) in [7, 11) is 0. The molecule has 156 valence electrons. The molecule has 0 unspecified atom stereocenters. The number of carbonyl (C=O) groups is 2. The molecule has 1 amide bonds. The Morgan fingerprint density at radius 1 is 1.00 bits per heavy atom. The second-order valence-corrected chi connectivity index (χ2v) is 7.78. The van der Waals surface area contributed by atoms with Crippen molar-refractivity contribution >= 4 is 44.4 Å². The third kappa shape index (κ3) is 4.66. The molecule has 0 aliphatic rings. The number of hydrogen-bond acceptors (Lipinski definition) is 5. The molecule has 0 aliphatic heterocycles. The van der Waals surface area contributed by atoms with E-state index in [-0.39, 0.29) is 0 Å². The van der Waals surface area contributed by atoms with Gasteiger partial charge in [-0.15, -0.1) is 0 Å². The maximum absolute atomic E-state index is 12.9. The van der Waals surface area contributed by atoms with E-state index in [2.05, 4.69) is 26.2 Å². The number of ether oxygens (including phenoxy) is 1.